The van der Waals surface area contributed by atoms with E-state index in [9.17, 15) is 4.79 Å². The third-order valence-corrected chi connectivity index (χ3v) is 5.85. The molecule has 0 aromatic carbocycles. The maximum atomic E-state index is 11.8. The normalized spacial score (nSPS) is 11.2. The molecule has 0 atom stereocenters. The summed E-state index contributed by atoms with van der Waals surface area (Å²) in [7, 11) is 0. The van der Waals surface area contributed by atoms with Crippen LogP contribution in [0.1, 0.15) is 13.3 Å². The smallest absolute Gasteiger partial charge is 0.224 e. The van der Waals surface area contributed by atoms with Crippen molar-refractivity contribution in [3.8, 4) is 33.6 Å². The Bertz CT molecular complexity index is 1690. The third-order valence-electron chi connectivity index (χ3n) is 5.85. The fraction of sp³-hybridized carbons (Fsp3) is 0.0769. The Morgan fingerprint density at radius 3 is 2.63 bits per heavy atom. The van der Waals surface area contributed by atoms with Gasteiger partial charge in [0.05, 0.1) is 17.6 Å². The highest BCUT2D eigenvalue weighted by molar-refractivity contribution is 5.99. The van der Waals surface area contributed by atoms with Gasteiger partial charge in [-0.25, -0.2) is 9.97 Å². The van der Waals surface area contributed by atoms with Crippen LogP contribution in [0.3, 0.4) is 0 Å². The molecule has 0 spiro atoms. The van der Waals surface area contributed by atoms with E-state index in [1.807, 2.05) is 43.5 Å². The van der Waals surface area contributed by atoms with Gasteiger partial charge in [-0.2, -0.15) is 5.10 Å². The lowest BCUT2D eigenvalue weighted by molar-refractivity contribution is -0.115. The van der Waals surface area contributed by atoms with E-state index in [1.165, 1.54) is 0 Å². The van der Waals surface area contributed by atoms with Crippen molar-refractivity contribution in [2.24, 2.45) is 0 Å². The molecule has 6 heterocycles. The van der Waals surface area contributed by atoms with Crippen LogP contribution in [0, 0.1) is 0 Å². The number of pyridine rings is 4. The molecular weight excluding hydrogens is 440 g/mol. The van der Waals surface area contributed by atoms with Crippen molar-refractivity contribution < 1.29 is 4.79 Å². The number of nitrogens with zero attached hydrogens (tertiary/aromatic N) is 5. The summed E-state index contributed by atoms with van der Waals surface area (Å²) < 4.78 is 0. The highest BCUT2D eigenvalue weighted by atomic mass is 16.1. The largest absolute Gasteiger partial charge is 0.338 e. The molecule has 6 rings (SSSR count). The molecule has 6 aromatic rings. The van der Waals surface area contributed by atoms with Crippen LogP contribution in [0.15, 0.2) is 73.6 Å². The minimum absolute atomic E-state index is 0.0623. The van der Waals surface area contributed by atoms with Crippen molar-refractivity contribution >= 4 is 33.7 Å². The number of rotatable bonds is 5. The van der Waals surface area contributed by atoms with Crippen molar-refractivity contribution in [3.05, 3.63) is 73.6 Å². The number of carbonyl (C=O) groups excluding carboxylic acids is 1. The minimum atomic E-state index is -0.0623. The van der Waals surface area contributed by atoms with Crippen molar-refractivity contribution in [1.29, 1.82) is 0 Å². The molecule has 0 aliphatic carbocycles. The summed E-state index contributed by atoms with van der Waals surface area (Å²) in [6, 6.07) is 11.9. The first-order valence-corrected chi connectivity index (χ1v) is 11.2. The van der Waals surface area contributed by atoms with E-state index in [0.717, 1.165) is 50.1 Å². The predicted octanol–water partition coefficient (Wildman–Crippen LogP) is 4.97. The van der Waals surface area contributed by atoms with Gasteiger partial charge in [-0.3, -0.25) is 19.9 Å². The molecule has 9 nitrogen and oxygen atoms in total. The van der Waals surface area contributed by atoms with Crippen LogP contribution in [-0.2, 0) is 4.79 Å². The lowest BCUT2D eigenvalue weighted by Crippen LogP contribution is -2.09. The van der Waals surface area contributed by atoms with Gasteiger partial charge in [0, 0.05) is 64.9 Å². The molecule has 9 heteroatoms. The first-order chi connectivity index (χ1) is 17.2. The van der Waals surface area contributed by atoms with E-state index in [4.69, 9.17) is 0 Å². The lowest BCUT2D eigenvalue weighted by atomic mass is 10.0. The average molecular weight is 461 g/mol. The van der Waals surface area contributed by atoms with Crippen molar-refractivity contribution in [3.63, 3.8) is 0 Å². The van der Waals surface area contributed by atoms with Gasteiger partial charge in [-0.15, -0.1) is 0 Å². The van der Waals surface area contributed by atoms with Gasteiger partial charge < -0.3 is 10.3 Å². The molecule has 0 bridgehead atoms. The number of aromatic nitrogens is 7. The molecule has 6 aromatic heterocycles. The second-order valence-corrected chi connectivity index (χ2v) is 8.10. The van der Waals surface area contributed by atoms with Gasteiger partial charge in [0.25, 0.3) is 0 Å². The van der Waals surface area contributed by atoms with Crippen LogP contribution in [0.4, 0.5) is 5.69 Å². The Labute approximate surface area is 199 Å². The number of H-pyrrole nitrogens is 2. The fourth-order valence-corrected chi connectivity index (χ4v) is 4.11. The summed E-state index contributed by atoms with van der Waals surface area (Å²) in [4.78, 5) is 32.8. The SMILES string of the molecule is CCC(=O)Nc1cncc(-c2cnc3[nH]nc(-c4cc5c(-c6cccnc6)ccnc5[nH]4)c3c2)c1. The number of hydrogen-bond acceptors (Lipinski definition) is 6. The van der Waals surface area contributed by atoms with Crippen LogP contribution in [0.25, 0.3) is 55.7 Å². The van der Waals surface area contributed by atoms with Gasteiger partial charge in [0.1, 0.15) is 11.3 Å². The summed E-state index contributed by atoms with van der Waals surface area (Å²) in [6.07, 6.45) is 10.9. The van der Waals surface area contributed by atoms with Gasteiger partial charge in [-0.1, -0.05) is 13.0 Å². The summed E-state index contributed by atoms with van der Waals surface area (Å²) in [5, 5.41) is 12.2. The number of hydrogen-bond donors (Lipinski definition) is 3. The summed E-state index contributed by atoms with van der Waals surface area (Å²) >= 11 is 0. The van der Waals surface area contributed by atoms with E-state index in [2.05, 4.69) is 46.5 Å². The van der Waals surface area contributed by atoms with Crippen molar-refractivity contribution in [2.75, 3.05) is 5.32 Å². The maximum absolute atomic E-state index is 11.8. The summed E-state index contributed by atoms with van der Waals surface area (Å²) in [5.41, 5.74) is 7.43. The molecule has 0 unspecified atom stereocenters. The standard InChI is InChI=1S/C26H20N8O/c1-2-23(35)31-18-8-16(12-28-14-18)17-9-21-24(33-34-26(21)30-13-17)22-10-20-19(5-7-29-25(20)32-22)15-4-3-6-27-11-15/h3-14H,2H2,1H3,(H,29,32)(H,31,35)(H,30,33,34). The molecule has 3 N–H and O–H groups in total. The average Bonchev–Trinajstić information content (AvgIpc) is 3.53. The van der Waals surface area contributed by atoms with Gasteiger partial charge in [0.2, 0.25) is 5.91 Å². The number of nitrogens with one attached hydrogen (secondary N) is 3. The Morgan fingerprint density at radius 1 is 0.886 bits per heavy atom. The monoisotopic (exact) mass is 460 g/mol. The first-order valence-electron chi connectivity index (χ1n) is 11.2. The third kappa shape index (κ3) is 3.78. The molecule has 0 fully saturated rings. The van der Waals surface area contributed by atoms with E-state index in [1.54, 1.807) is 31.0 Å². The molecule has 35 heavy (non-hydrogen) atoms. The Morgan fingerprint density at radius 2 is 1.77 bits per heavy atom. The zero-order valence-electron chi connectivity index (χ0n) is 18.8. The van der Waals surface area contributed by atoms with Crippen LogP contribution in [0.2, 0.25) is 0 Å². The van der Waals surface area contributed by atoms with Crippen LogP contribution < -0.4 is 5.32 Å². The predicted molar refractivity (Wildman–Crippen MR) is 134 cm³/mol. The molecule has 0 radical (unpaired) electrons. The lowest BCUT2D eigenvalue weighted by Gasteiger charge is -2.06. The maximum Gasteiger partial charge on any atom is 0.224 e. The topological polar surface area (TPSA) is 125 Å². The van der Waals surface area contributed by atoms with E-state index < -0.39 is 0 Å². The van der Waals surface area contributed by atoms with Gasteiger partial charge in [0.15, 0.2) is 5.65 Å². The van der Waals surface area contributed by atoms with E-state index >= 15 is 0 Å². The quantitative estimate of drug-likeness (QED) is 0.333. The summed E-state index contributed by atoms with van der Waals surface area (Å²) in [6.45, 7) is 1.81. The molecule has 0 saturated carbocycles. The number of anilines is 1. The first kappa shape index (κ1) is 20.7. The Kier molecular flexibility index (Phi) is 4.99. The highest BCUT2D eigenvalue weighted by Gasteiger charge is 2.16. The zero-order chi connectivity index (χ0) is 23.8. The molecule has 0 aliphatic rings. The second-order valence-electron chi connectivity index (χ2n) is 8.10. The highest BCUT2D eigenvalue weighted by Crippen LogP contribution is 2.34. The minimum Gasteiger partial charge on any atom is -0.338 e. The van der Waals surface area contributed by atoms with Crippen LogP contribution in [0.5, 0.6) is 0 Å². The summed E-state index contributed by atoms with van der Waals surface area (Å²) in [5.74, 6) is -0.0623. The zero-order valence-corrected chi connectivity index (χ0v) is 18.8. The van der Waals surface area contributed by atoms with E-state index in [0.29, 0.717) is 17.8 Å². The van der Waals surface area contributed by atoms with E-state index in [-0.39, 0.29) is 5.91 Å². The molecule has 170 valence electrons. The Balaban J connectivity index is 1.43. The number of carbonyl (C=O) groups is 1. The Hall–Kier alpha value is -4.92. The van der Waals surface area contributed by atoms with Crippen LogP contribution >= 0.6 is 0 Å². The van der Waals surface area contributed by atoms with Crippen molar-refractivity contribution in [2.45, 2.75) is 13.3 Å². The van der Waals surface area contributed by atoms with Crippen LogP contribution in [-0.4, -0.2) is 41.0 Å². The second kappa shape index (κ2) is 8.45. The van der Waals surface area contributed by atoms with Gasteiger partial charge in [-0.05, 0) is 35.9 Å². The fourth-order valence-electron chi connectivity index (χ4n) is 4.11. The number of amides is 1. The van der Waals surface area contributed by atoms with Crippen molar-refractivity contribution in [1.82, 2.24) is 35.1 Å². The number of fused-ring (bicyclic) bond motifs is 2. The molecular formula is C26H20N8O. The number of aromatic amines is 2. The van der Waals surface area contributed by atoms with Gasteiger partial charge >= 0.3 is 0 Å². The molecule has 0 aliphatic heterocycles. The molecule has 0 saturated heterocycles. The molecule has 1 amide bonds.